The summed E-state index contributed by atoms with van der Waals surface area (Å²) in [5.41, 5.74) is 8.11. The molecule has 2 atom stereocenters. The van der Waals surface area contributed by atoms with Crippen LogP contribution in [-0.4, -0.2) is 34.0 Å². The molecule has 1 spiro atoms. The lowest BCUT2D eigenvalue weighted by Crippen LogP contribution is -2.46. The van der Waals surface area contributed by atoms with Crippen molar-refractivity contribution in [2.75, 3.05) is 17.6 Å². The van der Waals surface area contributed by atoms with Crippen molar-refractivity contribution in [3.05, 3.63) is 41.6 Å². The number of benzene rings is 1. The first kappa shape index (κ1) is 21.6. The second-order valence-electron chi connectivity index (χ2n) is 9.41. The van der Waals surface area contributed by atoms with Gasteiger partial charge in [-0.3, -0.25) is 9.59 Å². The van der Waals surface area contributed by atoms with Crippen LogP contribution in [-0.2, 0) is 16.0 Å². The molecule has 3 aliphatic rings. The summed E-state index contributed by atoms with van der Waals surface area (Å²) in [6.45, 7) is 4.59. The van der Waals surface area contributed by atoms with E-state index in [0.717, 1.165) is 54.7 Å². The van der Waals surface area contributed by atoms with Crippen LogP contribution in [0.15, 0.2) is 30.5 Å². The van der Waals surface area contributed by atoms with E-state index in [1.807, 2.05) is 25.1 Å². The molecule has 174 valence electrons. The van der Waals surface area contributed by atoms with Crippen molar-refractivity contribution < 1.29 is 19.1 Å². The van der Waals surface area contributed by atoms with Crippen LogP contribution in [0.3, 0.4) is 0 Å². The van der Waals surface area contributed by atoms with Crippen molar-refractivity contribution in [2.24, 2.45) is 5.92 Å². The van der Waals surface area contributed by atoms with Gasteiger partial charge >= 0.3 is 11.8 Å². The number of carbonyl (C=O) groups excluding carboxylic acids is 2. The number of aryl methyl sites for hydroxylation is 1. The van der Waals surface area contributed by atoms with Gasteiger partial charge in [0.1, 0.15) is 5.82 Å². The Morgan fingerprint density at radius 2 is 2.00 bits per heavy atom. The van der Waals surface area contributed by atoms with Crippen LogP contribution in [0, 0.1) is 5.92 Å². The number of amides is 2. The minimum atomic E-state index is -0.670. The molecule has 0 bridgehead atoms. The molecule has 2 amide bonds. The molecule has 5 rings (SSSR count). The number of fused-ring (bicyclic) bond motifs is 1. The molecule has 3 N–H and O–H groups in total. The minimum absolute atomic E-state index is 0.193. The summed E-state index contributed by atoms with van der Waals surface area (Å²) < 4.78 is 12.1. The molecule has 1 aromatic heterocycles. The number of hydrogen-bond donors (Lipinski definition) is 2. The summed E-state index contributed by atoms with van der Waals surface area (Å²) in [4.78, 5) is 32.0. The number of nitrogens with one attached hydrogen (secondary N) is 1. The van der Waals surface area contributed by atoms with Crippen molar-refractivity contribution in [3.63, 3.8) is 0 Å². The smallest absolute Gasteiger partial charge is 0.313 e. The third kappa shape index (κ3) is 3.98. The molecule has 33 heavy (non-hydrogen) atoms. The number of piperidine rings is 1. The molecule has 0 radical (unpaired) electrons. The molecule has 1 aromatic carbocycles. The fraction of sp³-hybridized carbons (Fsp3) is 0.480. The van der Waals surface area contributed by atoms with Gasteiger partial charge in [-0.25, -0.2) is 4.98 Å². The molecule has 2 unspecified atom stereocenters. The number of likely N-dealkylation sites (tertiary alicyclic amines) is 1. The predicted molar refractivity (Wildman–Crippen MR) is 124 cm³/mol. The Kier molecular flexibility index (Phi) is 5.38. The molecule has 8 heteroatoms. The summed E-state index contributed by atoms with van der Waals surface area (Å²) in [5.74, 6) is 0.505. The standard InChI is InChI=1S/C25H30N4O4/c1-3-16-11-18(13-27-22(16)26)28-23(30)24(31)29-14-15(2)5-7-19(29)17-6-8-20-21(12-17)33-25(32-20)9-4-10-25/h6,8,11-13,15,19H,3-5,7,9-10,14H2,1-2H3,(H2,26,27)(H,28,30). The second-order valence-corrected chi connectivity index (χ2v) is 9.41. The summed E-state index contributed by atoms with van der Waals surface area (Å²) in [6, 6.07) is 7.44. The Hall–Kier alpha value is -3.29. The Morgan fingerprint density at radius 1 is 1.21 bits per heavy atom. The van der Waals surface area contributed by atoms with Crippen LogP contribution in [0.2, 0.25) is 0 Å². The van der Waals surface area contributed by atoms with Crippen molar-refractivity contribution >= 4 is 23.3 Å². The monoisotopic (exact) mass is 450 g/mol. The quantitative estimate of drug-likeness (QED) is 0.689. The highest BCUT2D eigenvalue weighted by Gasteiger charge is 2.47. The van der Waals surface area contributed by atoms with Crippen molar-refractivity contribution in [2.45, 2.75) is 64.2 Å². The number of rotatable bonds is 3. The van der Waals surface area contributed by atoms with Crippen LogP contribution in [0.25, 0.3) is 0 Å². The van der Waals surface area contributed by atoms with Gasteiger partial charge in [0.05, 0.1) is 17.9 Å². The van der Waals surface area contributed by atoms with Crippen LogP contribution >= 0.6 is 0 Å². The van der Waals surface area contributed by atoms with Gasteiger partial charge < -0.3 is 25.4 Å². The highest BCUT2D eigenvalue weighted by Crippen LogP contribution is 2.49. The average molecular weight is 451 g/mol. The maximum absolute atomic E-state index is 13.3. The van der Waals surface area contributed by atoms with Crippen LogP contribution in [0.4, 0.5) is 11.5 Å². The number of ether oxygens (including phenoxy) is 2. The SMILES string of the molecule is CCc1cc(NC(=O)C(=O)N2CC(C)CCC2c2ccc3c(c2)OC2(CCC2)O3)cnc1N. The number of aromatic nitrogens is 1. The van der Waals surface area contributed by atoms with E-state index in [4.69, 9.17) is 15.2 Å². The fourth-order valence-corrected chi connectivity index (χ4v) is 4.90. The fourth-order valence-electron chi connectivity index (χ4n) is 4.90. The molecule has 8 nitrogen and oxygen atoms in total. The molecule has 1 aliphatic carbocycles. The zero-order chi connectivity index (χ0) is 23.2. The van der Waals surface area contributed by atoms with Gasteiger partial charge in [-0.2, -0.15) is 0 Å². The van der Waals surface area contributed by atoms with Gasteiger partial charge in [-0.1, -0.05) is 19.9 Å². The first-order chi connectivity index (χ1) is 15.9. The molecule has 1 saturated heterocycles. The van der Waals surface area contributed by atoms with Crippen molar-refractivity contribution in [3.8, 4) is 11.5 Å². The molecule has 2 fully saturated rings. The van der Waals surface area contributed by atoms with E-state index in [1.165, 1.54) is 6.20 Å². The normalized spacial score (nSPS) is 22.7. The van der Waals surface area contributed by atoms with Gasteiger partial charge in [0, 0.05) is 19.4 Å². The zero-order valence-corrected chi connectivity index (χ0v) is 19.1. The predicted octanol–water partition coefficient (Wildman–Crippen LogP) is 3.82. The van der Waals surface area contributed by atoms with E-state index in [0.29, 0.717) is 30.4 Å². The third-order valence-electron chi connectivity index (χ3n) is 6.97. The molecule has 2 aliphatic heterocycles. The Bertz CT molecular complexity index is 1100. The van der Waals surface area contributed by atoms with Gasteiger partial charge in [0.15, 0.2) is 11.5 Å². The highest BCUT2D eigenvalue weighted by molar-refractivity contribution is 6.39. The summed E-state index contributed by atoms with van der Waals surface area (Å²) in [7, 11) is 0. The highest BCUT2D eigenvalue weighted by atomic mass is 16.7. The Labute approximate surface area is 193 Å². The number of nitrogens with two attached hydrogens (primary N) is 1. The van der Waals surface area contributed by atoms with E-state index in [2.05, 4.69) is 17.2 Å². The van der Waals surface area contributed by atoms with Crippen LogP contribution in [0.5, 0.6) is 11.5 Å². The number of hydrogen-bond acceptors (Lipinski definition) is 6. The zero-order valence-electron chi connectivity index (χ0n) is 19.1. The number of anilines is 2. The maximum Gasteiger partial charge on any atom is 0.313 e. The largest absolute Gasteiger partial charge is 0.448 e. The first-order valence-electron chi connectivity index (χ1n) is 11.8. The molecular formula is C25H30N4O4. The maximum atomic E-state index is 13.3. The van der Waals surface area contributed by atoms with E-state index in [-0.39, 0.29) is 6.04 Å². The lowest BCUT2D eigenvalue weighted by molar-refractivity contribution is -0.146. The summed E-state index contributed by atoms with van der Waals surface area (Å²) in [5, 5.41) is 2.70. The Balaban J connectivity index is 1.35. The topological polar surface area (TPSA) is 107 Å². The second kappa shape index (κ2) is 8.24. The lowest BCUT2D eigenvalue weighted by atomic mass is 9.89. The van der Waals surface area contributed by atoms with Gasteiger partial charge in [-0.15, -0.1) is 0 Å². The van der Waals surface area contributed by atoms with E-state index in [1.54, 1.807) is 11.0 Å². The molecule has 1 saturated carbocycles. The van der Waals surface area contributed by atoms with Gasteiger partial charge in [0.2, 0.25) is 0 Å². The summed E-state index contributed by atoms with van der Waals surface area (Å²) in [6.07, 6.45) is 6.81. The van der Waals surface area contributed by atoms with Crippen molar-refractivity contribution in [1.29, 1.82) is 0 Å². The Morgan fingerprint density at radius 3 is 2.73 bits per heavy atom. The molecule has 3 heterocycles. The van der Waals surface area contributed by atoms with E-state index < -0.39 is 17.6 Å². The minimum Gasteiger partial charge on any atom is -0.448 e. The number of pyridine rings is 1. The van der Waals surface area contributed by atoms with E-state index >= 15 is 0 Å². The molecular weight excluding hydrogens is 420 g/mol. The van der Waals surface area contributed by atoms with E-state index in [9.17, 15) is 9.59 Å². The average Bonchev–Trinajstić information content (AvgIpc) is 3.19. The summed E-state index contributed by atoms with van der Waals surface area (Å²) >= 11 is 0. The van der Waals surface area contributed by atoms with Gasteiger partial charge in [-0.05, 0) is 60.9 Å². The number of nitrogens with zero attached hydrogens (tertiary/aromatic N) is 2. The first-order valence-corrected chi connectivity index (χ1v) is 11.8. The number of nitrogen functional groups attached to an aromatic ring is 1. The van der Waals surface area contributed by atoms with Crippen LogP contribution in [0.1, 0.15) is 63.1 Å². The third-order valence-corrected chi connectivity index (χ3v) is 6.97. The molecule has 2 aromatic rings. The number of carbonyl (C=O) groups is 2. The van der Waals surface area contributed by atoms with Crippen molar-refractivity contribution in [1.82, 2.24) is 9.88 Å². The van der Waals surface area contributed by atoms with Gasteiger partial charge in [0.25, 0.3) is 5.79 Å². The van der Waals surface area contributed by atoms with Crippen LogP contribution < -0.4 is 20.5 Å². The lowest BCUT2D eigenvalue weighted by Gasteiger charge is -2.38.